The number of ether oxygens (including phenoxy) is 1. The molecule has 0 saturated heterocycles. The fourth-order valence-corrected chi connectivity index (χ4v) is 3.14. The second-order valence-electron chi connectivity index (χ2n) is 6.18. The summed E-state index contributed by atoms with van der Waals surface area (Å²) in [6, 6.07) is 0.414. The topological polar surface area (TPSA) is 57.0 Å². The minimum Gasteiger partial charge on any atom is -0.461 e. The Balaban J connectivity index is 1.85. The van der Waals surface area contributed by atoms with Crippen LogP contribution in [0.15, 0.2) is 0 Å². The quantitative estimate of drug-likeness (QED) is 0.794. The molecule has 5 heteroatoms. The number of carbonyl (C=O) groups is 1. The van der Waals surface area contributed by atoms with Gasteiger partial charge in [0.15, 0.2) is 5.69 Å². The highest BCUT2D eigenvalue weighted by atomic mass is 16.5. The molecule has 110 valence electrons. The summed E-state index contributed by atoms with van der Waals surface area (Å²) in [5.41, 5.74) is 1.48. The van der Waals surface area contributed by atoms with E-state index in [1.54, 1.807) is 0 Å². The van der Waals surface area contributed by atoms with Crippen LogP contribution in [0.1, 0.15) is 80.5 Å². The zero-order valence-electron chi connectivity index (χ0n) is 12.3. The summed E-state index contributed by atoms with van der Waals surface area (Å²) >= 11 is 0. The van der Waals surface area contributed by atoms with Crippen LogP contribution < -0.4 is 0 Å². The number of carbonyl (C=O) groups excluding carboxylic acids is 1. The van der Waals surface area contributed by atoms with Gasteiger partial charge in [-0.25, -0.2) is 9.48 Å². The number of nitrogens with zero attached hydrogens (tertiary/aromatic N) is 3. The molecule has 0 radical (unpaired) electrons. The molecule has 1 aromatic rings. The van der Waals surface area contributed by atoms with Crippen molar-refractivity contribution in [3.8, 4) is 0 Å². The predicted octanol–water partition coefficient (Wildman–Crippen LogP) is 3.08. The van der Waals surface area contributed by atoms with Crippen LogP contribution >= 0.6 is 0 Å². The SMILES string of the molecule is CCOC(=O)c1nnn(C2CCC(C)CC2)c1C1CC1. The maximum absolute atomic E-state index is 12.0. The van der Waals surface area contributed by atoms with Gasteiger partial charge < -0.3 is 4.74 Å². The maximum atomic E-state index is 12.0. The summed E-state index contributed by atoms with van der Waals surface area (Å²) in [5.74, 6) is 0.956. The van der Waals surface area contributed by atoms with E-state index in [4.69, 9.17) is 4.74 Å². The minimum atomic E-state index is -0.315. The number of esters is 1. The number of aromatic nitrogens is 3. The van der Waals surface area contributed by atoms with E-state index in [0.29, 0.717) is 24.3 Å². The van der Waals surface area contributed by atoms with E-state index >= 15 is 0 Å². The molecule has 0 aliphatic heterocycles. The average molecular weight is 277 g/mol. The van der Waals surface area contributed by atoms with Crippen LogP contribution in [0.5, 0.6) is 0 Å². The summed E-state index contributed by atoms with van der Waals surface area (Å²) < 4.78 is 7.15. The lowest BCUT2D eigenvalue weighted by atomic mass is 9.87. The molecule has 0 aromatic carbocycles. The Bertz CT molecular complexity index is 485. The van der Waals surface area contributed by atoms with Gasteiger partial charge in [-0.15, -0.1) is 5.10 Å². The van der Waals surface area contributed by atoms with E-state index in [9.17, 15) is 4.79 Å². The highest BCUT2D eigenvalue weighted by molar-refractivity contribution is 5.88. The van der Waals surface area contributed by atoms with Crippen LogP contribution in [-0.4, -0.2) is 27.6 Å². The van der Waals surface area contributed by atoms with Crippen molar-refractivity contribution in [2.45, 2.75) is 64.3 Å². The second-order valence-corrected chi connectivity index (χ2v) is 6.18. The highest BCUT2D eigenvalue weighted by Gasteiger charge is 2.36. The standard InChI is InChI=1S/C15H23N3O2/c1-3-20-15(19)13-14(11-6-7-11)18(17-16-13)12-8-4-10(2)5-9-12/h10-12H,3-9H2,1-2H3. The lowest BCUT2D eigenvalue weighted by Gasteiger charge is -2.27. The Kier molecular flexibility index (Phi) is 3.76. The van der Waals surface area contributed by atoms with E-state index in [1.165, 1.54) is 12.8 Å². The molecule has 0 spiro atoms. The van der Waals surface area contributed by atoms with E-state index in [-0.39, 0.29) is 5.97 Å². The van der Waals surface area contributed by atoms with Gasteiger partial charge in [-0.2, -0.15) is 0 Å². The molecule has 2 aliphatic rings. The zero-order valence-corrected chi connectivity index (χ0v) is 12.3. The monoisotopic (exact) mass is 277 g/mol. The molecular formula is C15H23N3O2. The largest absolute Gasteiger partial charge is 0.461 e. The minimum absolute atomic E-state index is 0.315. The van der Waals surface area contributed by atoms with Crippen molar-refractivity contribution in [1.82, 2.24) is 15.0 Å². The Morgan fingerprint density at radius 3 is 2.55 bits per heavy atom. The average Bonchev–Trinajstić information content (AvgIpc) is 3.19. The molecule has 0 amide bonds. The first kappa shape index (κ1) is 13.6. The Labute approximate surface area is 119 Å². The number of rotatable bonds is 4. The number of hydrogen-bond acceptors (Lipinski definition) is 4. The summed E-state index contributed by atoms with van der Waals surface area (Å²) in [6.07, 6.45) is 7.05. The normalized spacial score (nSPS) is 26.5. The Morgan fingerprint density at radius 1 is 1.25 bits per heavy atom. The third-order valence-electron chi connectivity index (χ3n) is 4.49. The first-order valence-corrected chi connectivity index (χ1v) is 7.82. The van der Waals surface area contributed by atoms with Crippen molar-refractivity contribution in [3.05, 3.63) is 11.4 Å². The van der Waals surface area contributed by atoms with Crippen LogP contribution in [-0.2, 0) is 4.74 Å². The van der Waals surface area contributed by atoms with Crippen LogP contribution in [0.2, 0.25) is 0 Å². The zero-order chi connectivity index (χ0) is 14.1. The summed E-state index contributed by atoms with van der Waals surface area (Å²) in [5, 5.41) is 8.42. The van der Waals surface area contributed by atoms with Gasteiger partial charge in [0, 0.05) is 5.92 Å². The third-order valence-corrected chi connectivity index (χ3v) is 4.49. The Hall–Kier alpha value is -1.39. The molecule has 20 heavy (non-hydrogen) atoms. The molecule has 3 rings (SSSR count). The second kappa shape index (κ2) is 5.54. The first-order chi connectivity index (χ1) is 9.70. The molecule has 1 aromatic heterocycles. The molecule has 0 bridgehead atoms. The van der Waals surface area contributed by atoms with Gasteiger partial charge in [-0.3, -0.25) is 0 Å². The molecule has 2 fully saturated rings. The lowest BCUT2D eigenvalue weighted by Crippen LogP contribution is -2.20. The van der Waals surface area contributed by atoms with Gasteiger partial charge >= 0.3 is 5.97 Å². The van der Waals surface area contributed by atoms with Gasteiger partial charge in [0.05, 0.1) is 18.3 Å². The molecule has 1 heterocycles. The van der Waals surface area contributed by atoms with Crippen molar-refractivity contribution in [3.63, 3.8) is 0 Å². The third kappa shape index (κ3) is 2.58. The van der Waals surface area contributed by atoms with Crippen LogP contribution in [0.4, 0.5) is 0 Å². The summed E-state index contributed by atoms with van der Waals surface area (Å²) in [7, 11) is 0. The molecular weight excluding hydrogens is 254 g/mol. The molecule has 0 atom stereocenters. The predicted molar refractivity (Wildman–Crippen MR) is 74.6 cm³/mol. The summed E-state index contributed by atoms with van der Waals surface area (Å²) in [4.78, 5) is 12.0. The van der Waals surface area contributed by atoms with Crippen molar-refractivity contribution in [2.24, 2.45) is 5.92 Å². The Morgan fingerprint density at radius 2 is 1.95 bits per heavy atom. The molecule has 0 N–H and O–H groups in total. The van der Waals surface area contributed by atoms with Gasteiger partial charge in [0.25, 0.3) is 0 Å². The van der Waals surface area contributed by atoms with Gasteiger partial charge in [0.1, 0.15) is 0 Å². The van der Waals surface area contributed by atoms with Crippen molar-refractivity contribution in [1.29, 1.82) is 0 Å². The van der Waals surface area contributed by atoms with Crippen LogP contribution in [0.25, 0.3) is 0 Å². The van der Waals surface area contributed by atoms with Crippen molar-refractivity contribution < 1.29 is 9.53 Å². The van der Waals surface area contributed by atoms with E-state index in [1.807, 2.05) is 11.6 Å². The first-order valence-electron chi connectivity index (χ1n) is 7.82. The fourth-order valence-electron chi connectivity index (χ4n) is 3.14. The van der Waals surface area contributed by atoms with E-state index < -0.39 is 0 Å². The summed E-state index contributed by atoms with van der Waals surface area (Å²) in [6.45, 7) is 4.52. The van der Waals surface area contributed by atoms with E-state index in [0.717, 1.165) is 37.3 Å². The number of hydrogen-bond donors (Lipinski definition) is 0. The lowest BCUT2D eigenvalue weighted by molar-refractivity contribution is 0.0518. The molecule has 2 saturated carbocycles. The molecule has 5 nitrogen and oxygen atoms in total. The van der Waals surface area contributed by atoms with Gasteiger partial charge in [-0.05, 0) is 51.4 Å². The van der Waals surface area contributed by atoms with E-state index in [2.05, 4.69) is 17.2 Å². The van der Waals surface area contributed by atoms with Gasteiger partial charge in [-0.1, -0.05) is 12.1 Å². The van der Waals surface area contributed by atoms with Gasteiger partial charge in [0.2, 0.25) is 0 Å². The maximum Gasteiger partial charge on any atom is 0.360 e. The smallest absolute Gasteiger partial charge is 0.360 e. The molecule has 2 aliphatic carbocycles. The van der Waals surface area contributed by atoms with Crippen molar-refractivity contribution in [2.75, 3.05) is 6.61 Å². The highest BCUT2D eigenvalue weighted by Crippen LogP contribution is 2.43. The molecule has 0 unspecified atom stereocenters. The van der Waals surface area contributed by atoms with Crippen molar-refractivity contribution >= 4 is 5.97 Å². The fraction of sp³-hybridized carbons (Fsp3) is 0.800. The van der Waals surface area contributed by atoms with Crippen LogP contribution in [0, 0.1) is 5.92 Å². The van der Waals surface area contributed by atoms with Crippen LogP contribution in [0.3, 0.4) is 0 Å².